The molecule has 1 unspecified atom stereocenters. The fraction of sp³-hybridized carbons (Fsp3) is 0.154. The maximum atomic E-state index is 13.5. The molecule has 0 fully saturated rings. The maximum absolute atomic E-state index is 13.5. The molecule has 0 aliphatic carbocycles. The van der Waals surface area contributed by atoms with Crippen LogP contribution in [0.1, 0.15) is 6.92 Å². The number of nitrogens with one attached hydrogen (secondary N) is 1. The first kappa shape index (κ1) is 15.5. The Bertz CT molecular complexity index is 758. The lowest BCUT2D eigenvalue weighted by Crippen LogP contribution is -2.32. The highest BCUT2D eigenvalue weighted by atomic mass is 32.2. The summed E-state index contributed by atoms with van der Waals surface area (Å²) >= 11 is 1.03. The zero-order valence-electron chi connectivity index (χ0n) is 11.0. The Labute approximate surface area is 125 Å². The molecule has 1 aromatic heterocycles. The molecule has 2 aromatic rings. The van der Waals surface area contributed by atoms with Gasteiger partial charge < -0.3 is 11.1 Å². The van der Waals surface area contributed by atoms with Crippen molar-refractivity contribution in [3.05, 3.63) is 41.5 Å². The summed E-state index contributed by atoms with van der Waals surface area (Å²) in [6.07, 6.45) is 0. The third-order valence-corrected chi connectivity index (χ3v) is 6.35. The van der Waals surface area contributed by atoms with Gasteiger partial charge in [0.1, 0.15) is 15.3 Å². The number of carbonyl (C=O) groups excluding carboxylic acids is 1. The Hall–Kier alpha value is -1.93. The van der Waals surface area contributed by atoms with Crippen LogP contribution in [0.15, 0.2) is 39.9 Å². The van der Waals surface area contributed by atoms with Crippen LogP contribution in [0.5, 0.6) is 0 Å². The average molecular weight is 328 g/mol. The van der Waals surface area contributed by atoms with Crippen molar-refractivity contribution in [1.82, 2.24) is 0 Å². The van der Waals surface area contributed by atoms with E-state index in [-0.39, 0.29) is 15.6 Å². The summed E-state index contributed by atoms with van der Waals surface area (Å²) in [7, 11) is -3.79. The van der Waals surface area contributed by atoms with Gasteiger partial charge in [-0.1, -0.05) is 6.07 Å². The highest BCUT2D eigenvalue weighted by molar-refractivity contribution is 7.94. The second-order valence-electron chi connectivity index (χ2n) is 4.35. The minimum Gasteiger partial charge on any atom is -0.399 e. The molecule has 1 heterocycles. The van der Waals surface area contributed by atoms with Crippen LogP contribution in [0.4, 0.5) is 15.8 Å². The predicted octanol–water partition coefficient (Wildman–Crippen LogP) is 2.27. The Balaban J connectivity index is 2.22. The molecule has 0 aliphatic rings. The van der Waals surface area contributed by atoms with Crippen LogP contribution in [0.3, 0.4) is 0 Å². The fourth-order valence-electron chi connectivity index (χ4n) is 1.61. The van der Waals surface area contributed by atoms with Gasteiger partial charge in [0.25, 0.3) is 0 Å². The molecule has 3 N–H and O–H groups in total. The van der Waals surface area contributed by atoms with Crippen molar-refractivity contribution in [2.75, 3.05) is 11.1 Å². The van der Waals surface area contributed by atoms with E-state index in [0.29, 0.717) is 0 Å². The van der Waals surface area contributed by atoms with Crippen LogP contribution >= 0.6 is 11.3 Å². The molecule has 8 heteroatoms. The monoisotopic (exact) mass is 328 g/mol. The number of hydrogen-bond donors (Lipinski definition) is 2. The molecule has 0 spiro atoms. The first-order valence-electron chi connectivity index (χ1n) is 5.95. The second kappa shape index (κ2) is 5.82. The number of sulfone groups is 1. The molecule has 1 aromatic carbocycles. The Morgan fingerprint density at radius 2 is 2.10 bits per heavy atom. The molecule has 2 rings (SSSR count). The Kier molecular flexibility index (Phi) is 4.29. The summed E-state index contributed by atoms with van der Waals surface area (Å²) in [6.45, 7) is 1.26. The number of nitrogen functional groups attached to an aromatic ring is 1. The largest absolute Gasteiger partial charge is 0.399 e. The van der Waals surface area contributed by atoms with Crippen molar-refractivity contribution in [3.63, 3.8) is 0 Å². The lowest BCUT2D eigenvalue weighted by Gasteiger charge is -2.13. The lowest BCUT2D eigenvalue weighted by molar-refractivity contribution is -0.115. The smallest absolute Gasteiger partial charge is 0.242 e. The van der Waals surface area contributed by atoms with Crippen LogP contribution in [0.2, 0.25) is 0 Å². The topological polar surface area (TPSA) is 89.3 Å². The lowest BCUT2D eigenvalue weighted by atomic mass is 10.2. The Morgan fingerprint density at radius 1 is 1.38 bits per heavy atom. The molecule has 1 amide bonds. The molecular weight excluding hydrogens is 315 g/mol. The summed E-state index contributed by atoms with van der Waals surface area (Å²) in [5, 5.41) is 2.52. The van der Waals surface area contributed by atoms with Gasteiger partial charge in [-0.25, -0.2) is 12.8 Å². The number of hydrogen-bond acceptors (Lipinski definition) is 5. The van der Waals surface area contributed by atoms with E-state index >= 15 is 0 Å². The summed E-state index contributed by atoms with van der Waals surface area (Å²) in [5.74, 6) is -1.49. The van der Waals surface area contributed by atoms with E-state index in [4.69, 9.17) is 5.73 Å². The zero-order chi connectivity index (χ0) is 15.6. The van der Waals surface area contributed by atoms with Crippen molar-refractivity contribution in [2.24, 2.45) is 0 Å². The number of halogens is 1. The molecule has 5 nitrogen and oxygen atoms in total. The van der Waals surface area contributed by atoms with Gasteiger partial charge >= 0.3 is 0 Å². The molecule has 0 bridgehead atoms. The molecule has 0 saturated heterocycles. The zero-order valence-corrected chi connectivity index (χ0v) is 12.7. The number of carbonyl (C=O) groups is 1. The highest BCUT2D eigenvalue weighted by Crippen LogP contribution is 2.23. The van der Waals surface area contributed by atoms with Gasteiger partial charge in [0.15, 0.2) is 9.84 Å². The van der Waals surface area contributed by atoms with Crippen molar-refractivity contribution in [1.29, 1.82) is 0 Å². The van der Waals surface area contributed by atoms with Crippen molar-refractivity contribution < 1.29 is 17.6 Å². The number of rotatable bonds is 4. The summed E-state index contributed by atoms with van der Waals surface area (Å²) < 4.78 is 38.1. The number of nitrogens with two attached hydrogens (primary N) is 1. The third-order valence-electron chi connectivity index (χ3n) is 2.86. The number of amides is 1. The predicted molar refractivity (Wildman–Crippen MR) is 80.4 cm³/mol. The second-order valence-corrected chi connectivity index (χ2v) is 7.79. The maximum Gasteiger partial charge on any atom is 0.242 e. The summed E-state index contributed by atoms with van der Waals surface area (Å²) in [6, 6.07) is 6.68. The summed E-state index contributed by atoms with van der Waals surface area (Å²) in [5.41, 5.74) is 5.63. The highest BCUT2D eigenvalue weighted by Gasteiger charge is 2.30. The van der Waals surface area contributed by atoms with E-state index in [1.165, 1.54) is 25.1 Å². The van der Waals surface area contributed by atoms with Crippen LogP contribution < -0.4 is 11.1 Å². The van der Waals surface area contributed by atoms with Crippen molar-refractivity contribution in [3.8, 4) is 0 Å². The number of anilines is 2. The van der Waals surface area contributed by atoms with Crippen molar-refractivity contribution >= 4 is 38.5 Å². The molecule has 112 valence electrons. The normalized spacial score (nSPS) is 12.9. The Morgan fingerprint density at radius 3 is 2.71 bits per heavy atom. The van der Waals surface area contributed by atoms with E-state index in [1.54, 1.807) is 11.4 Å². The van der Waals surface area contributed by atoms with Gasteiger partial charge in [0, 0.05) is 5.69 Å². The molecule has 21 heavy (non-hydrogen) atoms. The van der Waals surface area contributed by atoms with Gasteiger partial charge in [-0.3, -0.25) is 4.79 Å². The number of thiophene rings is 1. The van der Waals surface area contributed by atoms with Gasteiger partial charge in [-0.15, -0.1) is 11.3 Å². The van der Waals surface area contributed by atoms with Crippen LogP contribution in [-0.2, 0) is 14.6 Å². The average Bonchev–Trinajstić information content (AvgIpc) is 2.96. The minimum absolute atomic E-state index is 0.0956. The first-order chi connectivity index (χ1) is 9.82. The first-order valence-corrected chi connectivity index (χ1v) is 8.38. The van der Waals surface area contributed by atoms with E-state index < -0.39 is 26.8 Å². The van der Waals surface area contributed by atoms with Gasteiger partial charge in [-0.2, -0.15) is 0 Å². The SMILES string of the molecule is CC(C(=O)Nc1cc(N)ccc1F)S(=O)(=O)c1cccs1. The van der Waals surface area contributed by atoms with E-state index in [0.717, 1.165) is 17.4 Å². The molecule has 0 aliphatic heterocycles. The van der Waals surface area contributed by atoms with Crippen LogP contribution in [0.25, 0.3) is 0 Å². The molecule has 1 atom stereocenters. The molecule has 0 radical (unpaired) electrons. The molecular formula is C13H13FN2O3S2. The fourth-order valence-corrected chi connectivity index (χ4v) is 4.16. The van der Waals surface area contributed by atoms with E-state index in [1.807, 2.05) is 0 Å². The van der Waals surface area contributed by atoms with Gasteiger partial charge in [0.2, 0.25) is 5.91 Å². The number of benzene rings is 1. The quantitative estimate of drug-likeness (QED) is 0.843. The van der Waals surface area contributed by atoms with Crippen LogP contribution in [-0.4, -0.2) is 19.6 Å². The van der Waals surface area contributed by atoms with E-state index in [9.17, 15) is 17.6 Å². The van der Waals surface area contributed by atoms with Crippen molar-refractivity contribution in [2.45, 2.75) is 16.4 Å². The third kappa shape index (κ3) is 3.22. The standard InChI is InChI=1S/C13H13FN2O3S2/c1-8(21(18,19)12-3-2-6-20-12)13(17)16-11-7-9(15)4-5-10(11)14/h2-8H,15H2,1H3,(H,16,17). The molecule has 0 saturated carbocycles. The minimum atomic E-state index is -3.79. The van der Waals surface area contributed by atoms with Gasteiger partial charge in [-0.05, 0) is 36.6 Å². The van der Waals surface area contributed by atoms with Gasteiger partial charge in [0.05, 0.1) is 5.69 Å². The summed E-state index contributed by atoms with van der Waals surface area (Å²) in [4.78, 5) is 12.0. The van der Waals surface area contributed by atoms with Crippen LogP contribution in [0, 0.1) is 5.82 Å². The van der Waals surface area contributed by atoms with E-state index in [2.05, 4.69) is 5.32 Å².